The Labute approximate surface area is 189 Å². The topological polar surface area (TPSA) is 84.2 Å². The van der Waals surface area contributed by atoms with Crippen molar-refractivity contribution in [3.63, 3.8) is 0 Å². The summed E-state index contributed by atoms with van der Waals surface area (Å²) in [7, 11) is 2.90. The Hall–Kier alpha value is -3.03. The Morgan fingerprint density at radius 1 is 1.09 bits per heavy atom. The lowest BCUT2D eigenvalue weighted by Crippen LogP contribution is -2.37. The van der Waals surface area contributed by atoms with Crippen LogP contribution in [0.4, 0.5) is 0 Å². The van der Waals surface area contributed by atoms with Crippen molar-refractivity contribution in [1.82, 2.24) is 0 Å². The van der Waals surface area contributed by atoms with Crippen LogP contribution in [0.2, 0.25) is 5.02 Å². The highest BCUT2D eigenvalue weighted by atomic mass is 35.5. The summed E-state index contributed by atoms with van der Waals surface area (Å²) >= 11 is 6.32. The fraction of sp³-hybridized carbons (Fsp3) is 0.333. The van der Waals surface area contributed by atoms with Crippen LogP contribution in [0, 0.1) is 5.92 Å². The third kappa shape index (κ3) is 4.59. The van der Waals surface area contributed by atoms with Gasteiger partial charge < -0.3 is 23.4 Å². The van der Waals surface area contributed by atoms with Gasteiger partial charge in [0.05, 0.1) is 38.2 Å². The zero-order valence-corrected chi connectivity index (χ0v) is 18.5. The van der Waals surface area contributed by atoms with Gasteiger partial charge in [0, 0.05) is 11.6 Å². The molecule has 0 radical (unpaired) electrons. The molecule has 7 nitrogen and oxygen atoms in total. The van der Waals surface area contributed by atoms with E-state index in [2.05, 4.69) is 0 Å². The van der Waals surface area contributed by atoms with Crippen LogP contribution in [0.5, 0.6) is 11.5 Å². The maximum Gasteiger partial charge on any atom is 0.308 e. The lowest BCUT2D eigenvalue weighted by molar-refractivity contribution is -0.155. The average Bonchev–Trinajstić information content (AvgIpc) is 2.78. The minimum absolute atomic E-state index is 0.0513. The molecule has 0 spiro atoms. The van der Waals surface area contributed by atoms with Crippen molar-refractivity contribution in [2.45, 2.75) is 18.9 Å². The molecule has 1 heterocycles. The summed E-state index contributed by atoms with van der Waals surface area (Å²) in [5.41, 5.74) is 0.819. The van der Waals surface area contributed by atoms with Crippen molar-refractivity contribution in [2.24, 2.45) is 5.92 Å². The summed E-state index contributed by atoms with van der Waals surface area (Å²) in [6.07, 6.45) is 1.45. The molecule has 0 bridgehead atoms. The summed E-state index contributed by atoms with van der Waals surface area (Å²) in [6, 6.07) is 11.9. The number of rotatable bonds is 8. The number of hydrogen-bond acceptors (Lipinski definition) is 7. The largest absolute Gasteiger partial charge is 0.495 e. The first kappa shape index (κ1) is 22.2. The van der Waals surface area contributed by atoms with Crippen LogP contribution in [0.1, 0.15) is 12.8 Å². The predicted molar refractivity (Wildman–Crippen MR) is 119 cm³/mol. The van der Waals surface area contributed by atoms with Gasteiger partial charge in [-0.25, -0.2) is 0 Å². The van der Waals surface area contributed by atoms with E-state index in [1.165, 1.54) is 20.3 Å². The first-order valence-corrected chi connectivity index (χ1v) is 10.6. The van der Waals surface area contributed by atoms with Gasteiger partial charge in [-0.3, -0.25) is 9.59 Å². The van der Waals surface area contributed by atoms with Crippen LogP contribution in [0.15, 0.2) is 51.7 Å². The number of benzene rings is 2. The number of ether oxygens (including phenoxy) is 4. The van der Waals surface area contributed by atoms with Crippen LogP contribution < -0.4 is 14.9 Å². The van der Waals surface area contributed by atoms with Gasteiger partial charge in [-0.05, 0) is 49.2 Å². The maximum atomic E-state index is 12.5. The fourth-order valence-corrected chi connectivity index (χ4v) is 3.90. The molecule has 1 aliphatic rings. The number of carbonyl (C=O) groups is 1. The molecule has 3 aromatic rings. The second-order valence-corrected chi connectivity index (χ2v) is 7.87. The van der Waals surface area contributed by atoms with Gasteiger partial charge in [-0.15, -0.1) is 0 Å². The second-order valence-electron chi connectivity index (χ2n) is 7.49. The molecule has 0 atom stereocenters. The molecule has 1 aromatic heterocycles. The van der Waals surface area contributed by atoms with E-state index in [0.29, 0.717) is 48.7 Å². The maximum absolute atomic E-state index is 12.5. The monoisotopic (exact) mass is 458 g/mol. The fourth-order valence-electron chi connectivity index (χ4n) is 3.62. The SMILES string of the molecule is COC(=O)C1CC(OCCOc2ccc(-c3cc(=O)c4ccc(OC)c(Cl)c4o3)cc2)C1. The average molecular weight is 459 g/mol. The number of hydrogen-bond donors (Lipinski definition) is 0. The highest BCUT2D eigenvalue weighted by Crippen LogP contribution is 2.34. The Morgan fingerprint density at radius 3 is 2.53 bits per heavy atom. The molecular weight excluding hydrogens is 436 g/mol. The minimum Gasteiger partial charge on any atom is -0.495 e. The van der Waals surface area contributed by atoms with Gasteiger partial charge in [-0.2, -0.15) is 0 Å². The third-order valence-electron chi connectivity index (χ3n) is 5.50. The van der Waals surface area contributed by atoms with Crippen LogP contribution in [-0.2, 0) is 14.3 Å². The number of halogens is 1. The van der Waals surface area contributed by atoms with Crippen molar-refractivity contribution in [3.05, 3.63) is 57.7 Å². The molecule has 1 fully saturated rings. The summed E-state index contributed by atoms with van der Waals surface area (Å²) in [4.78, 5) is 23.9. The molecule has 0 aliphatic heterocycles. The first-order valence-electron chi connectivity index (χ1n) is 10.2. The molecule has 32 heavy (non-hydrogen) atoms. The van der Waals surface area contributed by atoms with E-state index in [1.807, 2.05) is 0 Å². The molecule has 1 aliphatic carbocycles. The second kappa shape index (κ2) is 9.63. The minimum atomic E-state index is -0.186. The van der Waals surface area contributed by atoms with Crippen molar-refractivity contribution in [3.8, 4) is 22.8 Å². The highest BCUT2D eigenvalue weighted by Gasteiger charge is 2.35. The van der Waals surface area contributed by atoms with Crippen LogP contribution in [0.25, 0.3) is 22.3 Å². The van der Waals surface area contributed by atoms with Gasteiger partial charge >= 0.3 is 5.97 Å². The van der Waals surface area contributed by atoms with E-state index in [0.717, 1.165) is 5.56 Å². The van der Waals surface area contributed by atoms with Gasteiger partial charge in [0.25, 0.3) is 0 Å². The van der Waals surface area contributed by atoms with E-state index < -0.39 is 0 Å². The van der Waals surface area contributed by atoms with Crippen molar-refractivity contribution >= 4 is 28.5 Å². The molecule has 2 aromatic carbocycles. The Kier molecular flexibility index (Phi) is 6.67. The number of methoxy groups -OCH3 is 2. The van der Waals surface area contributed by atoms with Gasteiger partial charge in [0.2, 0.25) is 0 Å². The number of fused-ring (bicyclic) bond motifs is 1. The molecule has 168 valence electrons. The van der Waals surface area contributed by atoms with Crippen molar-refractivity contribution < 1.29 is 28.2 Å². The smallest absolute Gasteiger partial charge is 0.308 e. The lowest BCUT2D eigenvalue weighted by atomic mass is 9.82. The quantitative estimate of drug-likeness (QED) is 0.363. The van der Waals surface area contributed by atoms with Gasteiger partial charge in [0.15, 0.2) is 11.0 Å². The Balaban J connectivity index is 1.36. The molecule has 4 rings (SSSR count). The highest BCUT2D eigenvalue weighted by molar-refractivity contribution is 6.36. The predicted octanol–water partition coefficient (Wildman–Crippen LogP) is 4.47. The standard InChI is InChI=1S/C24H23ClO7/c1-28-20-8-7-18-19(26)13-21(32-23(18)22(20)25)14-3-5-16(6-4-14)30-9-10-31-17-11-15(12-17)24(27)29-2/h3-8,13,15,17H,9-12H2,1-2H3. The summed E-state index contributed by atoms with van der Waals surface area (Å²) < 4.78 is 27.2. The van der Waals surface area contributed by atoms with E-state index in [1.54, 1.807) is 36.4 Å². The Bertz CT molecular complexity index is 1160. The summed E-state index contributed by atoms with van der Waals surface area (Å²) in [6.45, 7) is 0.819. The first-order chi connectivity index (χ1) is 15.5. The molecule has 0 unspecified atom stereocenters. The summed E-state index contributed by atoms with van der Waals surface area (Å²) in [5, 5.41) is 0.650. The van der Waals surface area contributed by atoms with E-state index in [4.69, 9.17) is 35.0 Å². The Morgan fingerprint density at radius 2 is 1.84 bits per heavy atom. The number of esters is 1. The molecular formula is C24H23ClO7. The van der Waals surface area contributed by atoms with Crippen LogP contribution >= 0.6 is 11.6 Å². The third-order valence-corrected chi connectivity index (χ3v) is 5.85. The zero-order chi connectivity index (χ0) is 22.7. The van der Waals surface area contributed by atoms with Crippen LogP contribution in [0.3, 0.4) is 0 Å². The molecule has 1 saturated carbocycles. The molecule has 0 amide bonds. The van der Waals surface area contributed by atoms with Gasteiger partial charge in [-0.1, -0.05) is 11.6 Å². The zero-order valence-electron chi connectivity index (χ0n) is 17.8. The molecule has 0 N–H and O–H groups in total. The van der Waals surface area contributed by atoms with Crippen molar-refractivity contribution in [2.75, 3.05) is 27.4 Å². The number of carbonyl (C=O) groups excluding carboxylic acids is 1. The molecule has 8 heteroatoms. The molecule has 0 saturated heterocycles. The van der Waals surface area contributed by atoms with Crippen molar-refractivity contribution in [1.29, 1.82) is 0 Å². The van der Waals surface area contributed by atoms with E-state index in [9.17, 15) is 9.59 Å². The van der Waals surface area contributed by atoms with E-state index in [-0.39, 0.29) is 34.0 Å². The lowest BCUT2D eigenvalue weighted by Gasteiger charge is -2.32. The normalized spacial score (nSPS) is 17.6. The van der Waals surface area contributed by atoms with E-state index >= 15 is 0 Å². The van der Waals surface area contributed by atoms with Gasteiger partial charge in [0.1, 0.15) is 28.9 Å². The summed E-state index contributed by atoms with van der Waals surface area (Å²) in [5.74, 6) is 1.28. The van der Waals surface area contributed by atoms with Crippen LogP contribution in [-0.4, -0.2) is 39.5 Å².